The number of aliphatic imine (C=N–C) groups is 1. The summed E-state index contributed by atoms with van der Waals surface area (Å²) in [6.07, 6.45) is 5.59. The van der Waals surface area contributed by atoms with E-state index >= 15 is 0 Å². The van der Waals surface area contributed by atoms with Crippen molar-refractivity contribution in [3.63, 3.8) is 0 Å². The fourth-order valence-electron chi connectivity index (χ4n) is 3.47. The van der Waals surface area contributed by atoms with Crippen LogP contribution in [0.4, 0.5) is 0 Å². The van der Waals surface area contributed by atoms with Gasteiger partial charge in [-0.1, -0.05) is 38.0 Å². The van der Waals surface area contributed by atoms with Crippen molar-refractivity contribution in [1.29, 1.82) is 0 Å². The number of halogens is 1. The summed E-state index contributed by atoms with van der Waals surface area (Å²) in [6, 6.07) is 9.84. The quantitative estimate of drug-likeness (QED) is 0.319. The number of aromatic nitrogens is 1. The molecule has 0 aliphatic heterocycles. The average molecular weight is 498 g/mol. The number of hydrogen-bond donors (Lipinski definition) is 3. The van der Waals surface area contributed by atoms with Gasteiger partial charge in [-0.25, -0.2) is 9.98 Å². The maximum Gasteiger partial charge on any atom is 0.226 e. The molecule has 1 heterocycles. The van der Waals surface area contributed by atoms with Gasteiger partial charge in [-0.3, -0.25) is 0 Å². The van der Waals surface area contributed by atoms with Crippen molar-refractivity contribution in [2.75, 3.05) is 13.1 Å². The number of oxazole rings is 1. The van der Waals surface area contributed by atoms with Crippen molar-refractivity contribution in [2.24, 2.45) is 10.4 Å². The van der Waals surface area contributed by atoms with Crippen molar-refractivity contribution in [2.45, 2.75) is 52.2 Å². The molecule has 2 unspecified atom stereocenters. The summed E-state index contributed by atoms with van der Waals surface area (Å²) >= 11 is 0. The Morgan fingerprint density at radius 1 is 1.29 bits per heavy atom. The molecule has 0 spiro atoms. The minimum Gasteiger partial charge on any atom is -0.444 e. The Labute approximate surface area is 184 Å². The van der Waals surface area contributed by atoms with Crippen molar-refractivity contribution in [1.82, 2.24) is 15.6 Å². The first-order chi connectivity index (χ1) is 13.1. The molecule has 3 rings (SSSR count). The molecule has 1 aromatic heterocycles. The predicted molar refractivity (Wildman–Crippen MR) is 123 cm³/mol. The van der Waals surface area contributed by atoms with E-state index in [-0.39, 0.29) is 35.5 Å². The number of aliphatic hydroxyl groups excluding tert-OH is 1. The Morgan fingerprint density at radius 2 is 2.07 bits per heavy atom. The lowest BCUT2D eigenvalue weighted by Crippen LogP contribution is -2.48. The largest absolute Gasteiger partial charge is 0.444 e. The first-order valence-electron chi connectivity index (χ1n) is 9.81. The molecule has 6 nitrogen and oxygen atoms in total. The number of guanidine groups is 1. The van der Waals surface area contributed by atoms with E-state index in [1.807, 2.05) is 37.3 Å². The van der Waals surface area contributed by atoms with Gasteiger partial charge < -0.3 is 20.2 Å². The van der Waals surface area contributed by atoms with E-state index in [0.717, 1.165) is 43.0 Å². The zero-order chi connectivity index (χ0) is 19.1. The molecule has 154 valence electrons. The summed E-state index contributed by atoms with van der Waals surface area (Å²) in [7, 11) is 0. The van der Waals surface area contributed by atoms with Crippen LogP contribution in [0, 0.1) is 5.41 Å². The van der Waals surface area contributed by atoms with Gasteiger partial charge in [0.1, 0.15) is 12.0 Å². The fourth-order valence-corrected chi connectivity index (χ4v) is 3.47. The molecule has 1 fully saturated rings. The maximum atomic E-state index is 10.4. The molecule has 0 bridgehead atoms. The molecule has 2 aromatic rings. The van der Waals surface area contributed by atoms with Crippen molar-refractivity contribution >= 4 is 29.9 Å². The molecule has 1 aromatic carbocycles. The summed E-state index contributed by atoms with van der Waals surface area (Å²) < 4.78 is 5.57. The van der Waals surface area contributed by atoms with Crippen LogP contribution >= 0.6 is 24.0 Å². The molecule has 2 atom stereocenters. The molecule has 28 heavy (non-hydrogen) atoms. The molecule has 0 radical (unpaired) electrons. The Kier molecular flexibility index (Phi) is 8.75. The number of nitrogens with one attached hydrogen (secondary N) is 2. The topological polar surface area (TPSA) is 82.7 Å². The molecular formula is C21H31IN4O2. The average Bonchev–Trinajstić information content (AvgIpc) is 3.16. The first-order valence-corrected chi connectivity index (χ1v) is 9.81. The van der Waals surface area contributed by atoms with Gasteiger partial charge in [-0.05, 0) is 31.9 Å². The number of hydrogen-bond acceptors (Lipinski definition) is 4. The van der Waals surface area contributed by atoms with E-state index < -0.39 is 0 Å². The van der Waals surface area contributed by atoms with Crippen LogP contribution in [0.2, 0.25) is 0 Å². The third-order valence-electron chi connectivity index (χ3n) is 5.26. The monoisotopic (exact) mass is 498 g/mol. The van der Waals surface area contributed by atoms with E-state index in [1.54, 1.807) is 6.26 Å². The van der Waals surface area contributed by atoms with Gasteiger partial charge in [0.25, 0.3) is 0 Å². The van der Waals surface area contributed by atoms with Gasteiger partial charge >= 0.3 is 0 Å². The molecule has 1 aliphatic rings. The zero-order valence-corrected chi connectivity index (χ0v) is 19.0. The summed E-state index contributed by atoms with van der Waals surface area (Å²) in [5.41, 5.74) is 1.63. The van der Waals surface area contributed by atoms with Crippen LogP contribution in [0.25, 0.3) is 11.5 Å². The van der Waals surface area contributed by atoms with Gasteiger partial charge in [0, 0.05) is 24.1 Å². The highest BCUT2D eigenvalue weighted by Gasteiger charge is 2.35. The normalized spacial score (nSPS) is 22.4. The van der Waals surface area contributed by atoms with E-state index in [0.29, 0.717) is 19.0 Å². The van der Waals surface area contributed by atoms with Gasteiger partial charge in [0.05, 0.1) is 12.6 Å². The van der Waals surface area contributed by atoms with Gasteiger partial charge in [0.2, 0.25) is 5.89 Å². The van der Waals surface area contributed by atoms with Crippen LogP contribution in [-0.4, -0.2) is 35.2 Å². The smallest absolute Gasteiger partial charge is 0.226 e. The maximum absolute atomic E-state index is 10.4. The number of rotatable bonds is 6. The van der Waals surface area contributed by atoms with Crippen LogP contribution in [0.5, 0.6) is 0 Å². The lowest BCUT2D eigenvalue weighted by molar-refractivity contribution is 0.00397. The molecule has 0 saturated heterocycles. The van der Waals surface area contributed by atoms with E-state index in [1.165, 1.54) is 6.42 Å². The third-order valence-corrected chi connectivity index (χ3v) is 5.26. The Morgan fingerprint density at radius 3 is 2.79 bits per heavy atom. The Bertz CT molecular complexity index is 750. The number of nitrogens with zero attached hydrogens (tertiary/aromatic N) is 2. The van der Waals surface area contributed by atoms with Gasteiger partial charge in [0.15, 0.2) is 5.96 Å². The minimum atomic E-state index is -0.259. The van der Waals surface area contributed by atoms with Crippen molar-refractivity contribution in [3.8, 4) is 11.5 Å². The van der Waals surface area contributed by atoms with Crippen LogP contribution in [0.15, 0.2) is 46.0 Å². The predicted octanol–water partition coefficient (Wildman–Crippen LogP) is 3.96. The third kappa shape index (κ3) is 5.94. The second-order valence-corrected chi connectivity index (χ2v) is 7.47. The minimum absolute atomic E-state index is 0. The fraction of sp³-hybridized carbons (Fsp3) is 0.524. The standard InChI is InChI=1S/C21H30N4O2.HI/c1-3-22-20(24-15-21(2)12-8-7-11-18(21)26)23-13-17-14-27-19(25-17)16-9-5-4-6-10-16;/h4-6,9-10,14,18,26H,3,7-8,11-13,15H2,1-2H3,(H2,22,23,24);1H. The van der Waals surface area contributed by atoms with E-state index in [2.05, 4.69) is 27.5 Å². The van der Waals surface area contributed by atoms with Gasteiger partial charge in [-0.15, -0.1) is 24.0 Å². The SMILES string of the molecule is CCNC(=NCc1coc(-c2ccccc2)n1)NCC1(C)CCCCC1O.I. The molecule has 1 aliphatic carbocycles. The van der Waals surface area contributed by atoms with Crippen LogP contribution in [0.3, 0.4) is 0 Å². The summed E-state index contributed by atoms with van der Waals surface area (Å²) in [6.45, 7) is 6.10. The second kappa shape index (κ2) is 10.8. The highest BCUT2D eigenvalue weighted by atomic mass is 127. The summed E-state index contributed by atoms with van der Waals surface area (Å²) in [5, 5.41) is 17.0. The Hall–Kier alpha value is -1.61. The van der Waals surface area contributed by atoms with Crippen molar-refractivity contribution in [3.05, 3.63) is 42.3 Å². The highest BCUT2D eigenvalue weighted by Crippen LogP contribution is 2.35. The molecular weight excluding hydrogens is 467 g/mol. The van der Waals surface area contributed by atoms with Gasteiger partial charge in [-0.2, -0.15) is 0 Å². The molecule has 1 saturated carbocycles. The first kappa shape index (κ1) is 22.7. The Balaban J connectivity index is 0.00000280. The van der Waals surface area contributed by atoms with E-state index in [4.69, 9.17) is 4.42 Å². The lowest BCUT2D eigenvalue weighted by atomic mass is 9.73. The van der Waals surface area contributed by atoms with Crippen LogP contribution < -0.4 is 10.6 Å². The molecule has 7 heteroatoms. The lowest BCUT2D eigenvalue weighted by Gasteiger charge is -2.38. The summed E-state index contributed by atoms with van der Waals surface area (Å²) in [5.74, 6) is 1.34. The number of benzene rings is 1. The van der Waals surface area contributed by atoms with Crippen LogP contribution in [-0.2, 0) is 6.54 Å². The zero-order valence-electron chi connectivity index (χ0n) is 16.6. The highest BCUT2D eigenvalue weighted by molar-refractivity contribution is 14.0. The van der Waals surface area contributed by atoms with Crippen LogP contribution in [0.1, 0.15) is 45.2 Å². The number of aliphatic hydroxyl groups is 1. The van der Waals surface area contributed by atoms with E-state index in [9.17, 15) is 5.11 Å². The molecule has 0 amide bonds. The molecule has 3 N–H and O–H groups in total. The second-order valence-electron chi connectivity index (χ2n) is 7.47. The summed E-state index contributed by atoms with van der Waals surface area (Å²) in [4.78, 5) is 9.14. The van der Waals surface area contributed by atoms with Crippen molar-refractivity contribution < 1.29 is 9.52 Å².